The lowest BCUT2D eigenvalue weighted by Gasteiger charge is -2.39. The van der Waals surface area contributed by atoms with Crippen molar-refractivity contribution in [2.75, 3.05) is 25.2 Å². The van der Waals surface area contributed by atoms with Gasteiger partial charge in [-0.25, -0.2) is 9.69 Å². The summed E-state index contributed by atoms with van der Waals surface area (Å²) in [5, 5.41) is 0.538. The Labute approximate surface area is 122 Å². The summed E-state index contributed by atoms with van der Waals surface area (Å²) < 4.78 is 5.34. The summed E-state index contributed by atoms with van der Waals surface area (Å²) in [6.45, 7) is 2.65. The number of imide groups is 1. The van der Waals surface area contributed by atoms with Crippen LogP contribution in [0.4, 0.5) is 10.5 Å². The van der Waals surface area contributed by atoms with Crippen molar-refractivity contribution in [3.05, 3.63) is 28.8 Å². The highest BCUT2D eigenvalue weighted by molar-refractivity contribution is 6.32. The molecule has 20 heavy (non-hydrogen) atoms. The molecule has 2 unspecified atom stereocenters. The van der Waals surface area contributed by atoms with Gasteiger partial charge in [-0.3, -0.25) is 4.79 Å². The van der Waals surface area contributed by atoms with E-state index in [0.29, 0.717) is 23.9 Å². The van der Waals surface area contributed by atoms with Crippen molar-refractivity contribution in [1.29, 1.82) is 0 Å². The fourth-order valence-corrected chi connectivity index (χ4v) is 2.85. The molecular formula is C14H15ClN2O3. The average molecular weight is 295 g/mol. The predicted molar refractivity (Wildman–Crippen MR) is 74.9 cm³/mol. The zero-order valence-electron chi connectivity index (χ0n) is 11.3. The molecule has 0 spiro atoms. The van der Waals surface area contributed by atoms with E-state index in [9.17, 15) is 9.59 Å². The van der Waals surface area contributed by atoms with Gasteiger partial charge in [-0.15, -0.1) is 0 Å². The van der Waals surface area contributed by atoms with Gasteiger partial charge in [0.05, 0.1) is 30.9 Å². The third kappa shape index (κ3) is 1.89. The predicted octanol–water partition coefficient (Wildman–Crippen LogP) is 2.06. The summed E-state index contributed by atoms with van der Waals surface area (Å²) in [4.78, 5) is 27.7. The molecule has 0 bridgehead atoms. The molecule has 2 aliphatic heterocycles. The molecule has 0 aliphatic carbocycles. The van der Waals surface area contributed by atoms with Crippen LogP contribution in [0.5, 0.6) is 0 Å². The molecule has 1 aromatic rings. The van der Waals surface area contributed by atoms with Gasteiger partial charge in [0.15, 0.2) is 0 Å². The molecule has 2 fully saturated rings. The highest BCUT2D eigenvalue weighted by Crippen LogP contribution is 2.32. The molecule has 0 N–H and O–H groups in total. The highest BCUT2D eigenvalue weighted by Gasteiger charge is 2.48. The molecular weight excluding hydrogens is 280 g/mol. The summed E-state index contributed by atoms with van der Waals surface area (Å²) in [6, 6.07) is 4.70. The average Bonchev–Trinajstić information content (AvgIpc) is 2.90. The van der Waals surface area contributed by atoms with Gasteiger partial charge in [-0.2, -0.15) is 0 Å². The Morgan fingerprint density at radius 2 is 2.05 bits per heavy atom. The van der Waals surface area contributed by atoms with Gasteiger partial charge in [0.2, 0.25) is 5.91 Å². The maximum Gasteiger partial charge on any atom is 0.331 e. The molecule has 3 rings (SSSR count). The minimum atomic E-state index is -0.332. The Bertz CT molecular complexity index is 590. The van der Waals surface area contributed by atoms with Crippen LogP contribution in [0.1, 0.15) is 5.56 Å². The number of benzene rings is 1. The lowest BCUT2D eigenvalue weighted by Crippen LogP contribution is -2.60. The maximum atomic E-state index is 12.5. The zero-order valence-corrected chi connectivity index (χ0v) is 12.1. The maximum absolute atomic E-state index is 12.5. The van der Waals surface area contributed by atoms with E-state index >= 15 is 0 Å². The van der Waals surface area contributed by atoms with E-state index in [1.54, 1.807) is 30.1 Å². The number of carbonyl (C=O) groups excluding carboxylic acids is 2. The molecule has 0 aromatic heterocycles. The van der Waals surface area contributed by atoms with E-state index in [0.717, 1.165) is 5.56 Å². The number of ether oxygens (including phenoxy) is 1. The van der Waals surface area contributed by atoms with Crippen molar-refractivity contribution in [3.8, 4) is 0 Å². The molecule has 0 radical (unpaired) electrons. The normalized spacial score (nSPS) is 26.1. The molecule has 5 nitrogen and oxygen atoms in total. The van der Waals surface area contributed by atoms with Crippen LogP contribution < -0.4 is 4.90 Å². The number of rotatable bonds is 1. The van der Waals surface area contributed by atoms with Gasteiger partial charge in [0, 0.05) is 12.1 Å². The van der Waals surface area contributed by atoms with Crippen molar-refractivity contribution < 1.29 is 14.3 Å². The quantitative estimate of drug-likeness (QED) is 0.796. The minimum Gasteiger partial charge on any atom is -0.378 e. The number of aryl methyl sites for hydroxylation is 1. The third-order valence-corrected chi connectivity index (χ3v) is 4.40. The van der Waals surface area contributed by atoms with Crippen LogP contribution in [0.2, 0.25) is 5.02 Å². The van der Waals surface area contributed by atoms with E-state index in [2.05, 4.69) is 0 Å². The summed E-state index contributed by atoms with van der Waals surface area (Å²) in [7, 11) is 1.70. The van der Waals surface area contributed by atoms with Gasteiger partial charge in [-0.05, 0) is 24.6 Å². The highest BCUT2D eigenvalue weighted by atomic mass is 35.5. The number of urea groups is 1. The van der Waals surface area contributed by atoms with Crippen LogP contribution in [-0.2, 0) is 9.53 Å². The first-order valence-corrected chi connectivity index (χ1v) is 6.83. The van der Waals surface area contributed by atoms with Crippen molar-refractivity contribution >= 4 is 29.2 Å². The Hall–Kier alpha value is -1.59. The summed E-state index contributed by atoms with van der Waals surface area (Å²) in [5.41, 5.74) is 1.41. The monoisotopic (exact) mass is 294 g/mol. The second-order valence-corrected chi connectivity index (χ2v) is 5.62. The lowest BCUT2D eigenvalue weighted by molar-refractivity contribution is -0.124. The molecule has 106 valence electrons. The van der Waals surface area contributed by atoms with Crippen LogP contribution in [-0.4, -0.2) is 43.1 Å². The molecule has 0 saturated carbocycles. The smallest absolute Gasteiger partial charge is 0.331 e. The van der Waals surface area contributed by atoms with E-state index in [1.165, 1.54) is 4.90 Å². The van der Waals surface area contributed by atoms with Crippen molar-refractivity contribution in [2.24, 2.45) is 5.92 Å². The Kier molecular flexibility index (Phi) is 3.18. The Balaban J connectivity index is 2.01. The second kappa shape index (κ2) is 4.75. The molecule has 3 amide bonds. The minimum absolute atomic E-state index is 0.160. The van der Waals surface area contributed by atoms with E-state index in [1.807, 2.05) is 6.92 Å². The number of likely N-dealkylation sites (N-methyl/N-ethyl adjacent to an activating group) is 1. The first-order chi connectivity index (χ1) is 9.50. The van der Waals surface area contributed by atoms with Crippen LogP contribution in [0.15, 0.2) is 18.2 Å². The number of amides is 3. The largest absolute Gasteiger partial charge is 0.378 e. The lowest BCUT2D eigenvalue weighted by atomic mass is 9.98. The topological polar surface area (TPSA) is 49.9 Å². The standard InChI is InChI=1S/C14H15ClN2O3/c1-8-3-4-9(5-11(8)15)17-13(18)10-6-20-7-12(10)16(2)14(17)19/h3-5,10,12H,6-7H2,1-2H3. The van der Waals surface area contributed by atoms with Gasteiger partial charge in [0.1, 0.15) is 0 Å². The van der Waals surface area contributed by atoms with Gasteiger partial charge >= 0.3 is 6.03 Å². The van der Waals surface area contributed by atoms with E-state index in [-0.39, 0.29) is 23.9 Å². The van der Waals surface area contributed by atoms with Gasteiger partial charge in [-0.1, -0.05) is 17.7 Å². The molecule has 2 heterocycles. The van der Waals surface area contributed by atoms with Crippen LogP contribution in [0, 0.1) is 12.8 Å². The number of carbonyl (C=O) groups is 2. The van der Waals surface area contributed by atoms with E-state index < -0.39 is 0 Å². The molecule has 2 aliphatic rings. The first kappa shape index (κ1) is 13.4. The van der Waals surface area contributed by atoms with Crippen LogP contribution in [0.25, 0.3) is 0 Å². The zero-order chi connectivity index (χ0) is 14.4. The SMILES string of the molecule is Cc1ccc(N2C(=O)C3COCC3N(C)C2=O)cc1Cl. The van der Waals surface area contributed by atoms with Crippen LogP contribution in [0.3, 0.4) is 0 Å². The molecule has 2 atom stereocenters. The first-order valence-electron chi connectivity index (χ1n) is 6.45. The summed E-state index contributed by atoms with van der Waals surface area (Å²) in [5.74, 6) is -0.506. The Morgan fingerprint density at radius 1 is 1.30 bits per heavy atom. The van der Waals surface area contributed by atoms with Crippen LogP contribution >= 0.6 is 11.6 Å². The summed E-state index contributed by atoms with van der Waals surface area (Å²) in [6.07, 6.45) is 0. The molecule has 6 heteroatoms. The number of nitrogens with zero attached hydrogens (tertiary/aromatic N) is 2. The Morgan fingerprint density at radius 3 is 2.75 bits per heavy atom. The number of halogens is 1. The van der Waals surface area contributed by atoms with E-state index in [4.69, 9.17) is 16.3 Å². The second-order valence-electron chi connectivity index (χ2n) is 5.21. The molecule has 2 saturated heterocycles. The number of hydrogen-bond acceptors (Lipinski definition) is 3. The molecule has 1 aromatic carbocycles. The number of fused-ring (bicyclic) bond motifs is 1. The van der Waals surface area contributed by atoms with Crippen molar-refractivity contribution in [1.82, 2.24) is 4.90 Å². The number of anilines is 1. The number of hydrogen-bond donors (Lipinski definition) is 0. The van der Waals surface area contributed by atoms with Crippen molar-refractivity contribution in [3.63, 3.8) is 0 Å². The van der Waals surface area contributed by atoms with Gasteiger partial charge < -0.3 is 9.64 Å². The fourth-order valence-electron chi connectivity index (χ4n) is 2.68. The van der Waals surface area contributed by atoms with Gasteiger partial charge in [0.25, 0.3) is 0 Å². The fraction of sp³-hybridized carbons (Fsp3) is 0.429. The van der Waals surface area contributed by atoms with Crippen molar-refractivity contribution in [2.45, 2.75) is 13.0 Å². The third-order valence-electron chi connectivity index (χ3n) is 3.99. The summed E-state index contributed by atoms with van der Waals surface area (Å²) >= 11 is 6.09.